The second-order valence-electron chi connectivity index (χ2n) is 5.77. The van der Waals surface area contributed by atoms with Crippen molar-refractivity contribution in [3.8, 4) is 0 Å². The number of hydrogen-bond acceptors (Lipinski definition) is 2. The zero-order valence-electron chi connectivity index (χ0n) is 14.0. The van der Waals surface area contributed by atoms with Gasteiger partial charge < -0.3 is 10.2 Å². The molecule has 1 unspecified atom stereocenters. The van der Waals surface area contributed by atoms with Crippen LogP contribution in [0.2, 0.25) is 0 Å². The lowest BCUT2D eigenvalue weighted by molar-refractivity contribution is 0.217. The maximum atomic E-state index is 3.70. The zero-order valence-corrected chi connectivity index (χ0v) is 15.6. The van der Waals surface area contributed by atoms with Crippen LogP contribution in [0, 0.1) is 0 Å². The Kier molecular flexibility index (Phi) is 9.21. The van der Waals surface area contributed by atoms with Gasteiger partial charge in [0, 0.05) is 16.6 Å². The van der Waals surface area contributed by atoms with Gasteiger partial charge in [-0.3, -0.25) is 0 Å². The van der Waals surface area contributed by atoms with Gasteiger partial charge in [-0.15, -0.1) is 0 Å². The highest BCUT2D eigenvalue weighted by Gasteiger charge is 2.16. The molecule has 0 aromatic heterocycles. The third kappa shape index (κ3) is 6.09. The van der Waals surface area contributed by atoms with Crippen LogP contribution in [-0.2, 0) is 0 Å². The number of nitrogens with zero attached hydrogens (tertiary/aromatic N) is 1. The van der Waals surface area contributed by atoms with Crippen molar-refractivity contribution in [1.29, 1.82) is 0 Å². The molecule has 1 rings (SSSR count). The van der Waals surface area contributed by atoms with Crippen molar-refractivity contribution in [2.75, 3.05) is 20.1 Å². The van der Waals surface area contributed by atoms with E-state index in [1.165, 1.54) is 29.3 Å². The van der Waals surface area contributed by atoms with Crippen LogP contribution in [0.15, 0.2) is 28.7 Å². The molecular weight excluding hydrogens is 324 g/mol. The second-order valence-corrected chi connectivity index (χ2v) is 6.62. The van der Waals surface area contributed by atoms with Crippen molar-refractivity contribution >= 4 is 15.9 Å². The highest BCUT2D eigenvalue weighted by molar-refractivity contribution is 9.10. The average molecular weight is 355 g/mol. The summed E-state index contributed by atoms with van der Waals surface area (Å²) in [6, 6.07) is 9.72. The van der Waals surface area contributed by atoms with Crippen LogP contribution in [0.4, 0.5) is 0 Å². The summed E-state index contributed by atoms with van der Waals surface area (Å²) in [5.41, 5.74) is 1.38. The SMILES string of the molecule is CCCNC(CCN(C)C(CC)CC)c1ccccc1Br. The van der Waals surface area contributed by atoms with Gasteiger partial charge >= 0.3 is 0 Å². The van der Waals surface area contributed by atoms with Crippen LogP contribution >= 0.6 is 15.9 Å². The third-order valence-electron chi connectivity index (χ3n) is 4.26. The Morgan fingerprint density at radius 3 is 2.38 bits per heavy atom. The van der Waals surface area contributed by atoms with E-state index >= 15 is 0 Å². The molecule has 1 aromatic rings. The molecule has 0 bridgehead atoms. The van der Waals surface area contributed by atoms with Crippen molar-refractivity contribution in [3.63, 3.8) is 0 Å². The van der Waals surface area contributed by atoms with Gasteiger partial charge in [0.2, 0.25) is 0 Å². The molecule has 0 fully saturated rings. The first-order chi connectivity index (χ1) is 10.1. The van der Waals surface area contributed by atoms with E-state index in [4.69, 9.17) is 0 Å². The zero-order chi connectivity index (χ0) is 15.7. The van der Waals surface area contributed by atoms with E-state index in [1.807, 2.05) is 0 Å². The van der Waals surface area contributed by atoms with E-state index in [-0.39, 0.29) is 0 Å². The Balaban J connectivity index is 2.69. The van der Waals surface area contributed by atoms with Gasteiger partial charge in [-0.05, 0) is 57.5 Å². The first-order valence-corrected chi connectivity index (χ1v) is 9.11. The van der Waals surface area contributed by atoms with E-state index in [9.17, 15) is 0 Å². The smallest absolute Gasteiger partial charge is 0.0343 e. The molecule has 1 aromatic carbocycles. The maximum Gasteiger partial charge on any atom is 0.0343 e. The van der Waals surface area contributed by atoms with Gasteiger partial charge in [-0.25, -0.2) is 0 Å². The topological polar surface area (TPSA) is 15.3 Å². The van der Waals surface area contributed by atoms with Gasteiger partial charge in [0.05, 0.1) is 0 Å². The summed E-state index contributed by atoms with van der Waals surface area (Å²) >= 11 is 3.70. The Morgan fingerprint density at radius 1 is 1.14 bits per heavy atom. The second kappa shape index (κ2) is 10.4. The standard InChI is InChI=1S/C18H31BrN2/c1-5-13-20-18(16-10-8-9-11-17(16)19)12-14-21(4)15(6-2)7-3/h8-11,15,18,20H,5-7,12-14H2,1-4H3. The first-order valence-electron chi connectivity index (χ1n) is 8.31. The molecule has 0 aliphatic carbocycles. The predicted octanol–water partition coefficient (Wildman–Crippen LogP) is 5.00. The minimum atomic E-state index is 0.428. The number of benzene rings is 1. The summed E-state index contributed by atoms with van der Waals surface area (Å²) in [6.07, 6.45) is 4.78. The van der Waals surface area contributed by atoms with Crippen LogP contribution in [0.1, 0.15) is 58.1 Å². The van der Waals surface area contributed by atoms with Crippen molar-refractivity contribution in [1.82, 2.24) is 10.2 Å². The fourth-order valence-electron chi connectivity index (χ4n) is 2.87. The van der Waals surface area contributed by atoms with Crippen molar-refractivity contribution in [3.05, 3.63) is 34.3 Å². The number of nitrogens with one attached hydrogen (secondary N) is 1. The van der Waals surface area contributed by atoms with Crippen LogP contribution in [0.5, 0.6) is 0 Å². The van der Waals surface area contributed by atoms with E-state index in [2.05, 4.69) is 78.2 Å². The molecule has 0 aliphatic rings. The van der Waals surface area contributed by atoms with Gasteiger partial charge in [-0.2, -0.15) is 0 Å². The van der Waals surface area contributed by atoms with Crippen molar-refractivity contribution in [2.24, 2.45) is 0 Å². The predicted molar refractivity (Wildman–Crippen MR) is 96.8 cm³/mol. The molecule has 1 N–H and O–H groups in total. The monoisotopic (exact) mass is 354 g/mol. The molecule has 0 spiro atoms. The Labute approximate surface area is 139 Å². The molecule has 1 atom stereocenters. The Hall–Kier alpha value is -0.380. The molecule has 0 saturated carbocycles. The fourth-order valence-corrected chi connectivity index (χ4v) is 3.43. The molecule has 3 heteroatoms. The maximum absolute atomic E-state index is 3.70. The molecule has 0 radical (unpaired) electrons. The highest BCUT2D eigenvalue weighted by atomic mass is 79.9. The summed E-state index contributed by atoms with van der Waals surface area (Å²) in [4.78, 5) is 2.51. The summed E-state index contributed by atoms with van der Waals surface area (Å²) in [7, 11) is 2.26. The van der Waals surface area contributed by atoms with Crippen molar-refractivity contribution < 1.29 is 0 Å². The van der Waals surface area contributed by atoms with Crippen LogP contribution in [0.3, 0.4) is 0 Å². The van der Waals surface area contributed by atoms with Crippen LogP contribution in [-0.4, -0.2) is 31.1 Å². The minimum Gasteiger partial charge on any atom is -0.310 e. The van der Waals surface area contributed by atoms with Crippen molar-refractivity contribution in [2.45, 2.75) is 58.5 Å². The van der Waals surface area contributed by atoms with Crippen LogP contribution in [0.25, 0.3) is 0 Å². The highest BCUT2D eigenvalue weighted by Crippen LogP contribution is 2.26. The van der Waals surface area contributed by atoms with E-state index in [1.54, 1.807) is 0 Å². The lowest BCUT2D eigenvalue weighted by Crippen LogP contribution is -2.34. The summed E-state index contributed by atoms with van der Waals surface area (Å²) in [5, 5.41) is 3.70. The molecular formula is C18H31BrN2. The minimum absolute atomic E-state index is 0.428. The lowest BCUT2D eigenvalue weighted by atomic mass is 10.0. The van der Waals surface area contributed by atoms with Crippen LogP contribution < -0.4 is 5.32 Å². The summed E-state index contributed by atoms with van der Waals surface area (Å²) in [6.45, 7) is 8.99. The lowest BCUT2D eigenvalue weighted by Gasteiger charge is -2.29. The van der Waals surface area contributed by atoms with E-state index in [0.29, 0.717) is 12.1 Å². The fraction of sp³-hybridized carbons (Fsp3) is 0.667. The van der Waals surface area contributed by atoms with Gasteiger partial charge in [0.25, 0.3) is 0 Å². The molecule has 0 aliphatic heterocycles. The van der Waals surface area contributed by atoms with E-state index < -0.39 is 0 Å². The third-order valence-corrected chi connectivity index (χ3v) is 4.98. The molecule has 0 amide bonds. The Morgan fingerprint density at radius 2 is 1.81 bits per heavy atom. The van der Waals surface area contributed by atoms with E-state index in [0.717, 1.165) is 19.5 Å². The van der Waals surface area contributed by atoms with Gasteiger partial charge in [0.1, 0.15) is 0 Å². The van der Waals surface area contributed by atoms with Gasteiger partial charge in [0.15, 0.2) is 0 Å². The Bertz CT molecular complexity index is 391. The quantitative estimate of drug-likeness (QED) is 0.635. The molecule has 0 heterocycles. The molecule has 2 nitrogen and oxygen atoms in total. The van der Waals surface area contributed by atoms with Gasteiger partial charge in [-0.1, -0.05) is 54.9 Å². The average Bonchev–Trinajstić information content (AvgIpc) is 2.49. The molecule has 0 saturated heterocycles. The molecule has 21 heavy (non-hydrogen) atoms. The molecule has 120 valence electrons. The first kappa shape index (κ1) is 18.7. The summed E-state index contributed by atoms with van der Waals surface area (Å²) < 4.78 is 1.21. The largest absolute Gasteiger partial charge is 0.310 e. The number of hydrogen-bond donors (Lipinski definition) is 1. The summed E-state index contributed by atoms with van der Waals surface area (Å²) in [5.74, 6) is 0. The number of halogens is 1. The number of rotatable bonds is 10. The normalized spacial score (nSPS) is 13.1.